The lowest BCUT2D eigenvalue weighted by Gasteiger charge is -2.12. The summed E-state index contributed by atoms with van der Waals surface area (Å²) in [6, 6.07) is 11.4. The fraction of sp³-hybridized carbons (Fsp3) is 0.238. The van der Waals surface area contributed by atoms with Gasteiger partial charge in [-0.2, -0.15) is 4.98 Å². The highest BCUT2D eigenvalue weighted by Crippen LogP contribution is 2.33. The van der Waals surface area contributed by atoms with E-state index in [1.807, 2.05) is 36.4 Å². The molecule has 0 saturated carbocycles. The molecule has 0 radical (unpaired) electrons. The van der Waals surface area contributed by atoms with Gasteiger partial charge in [0.05, 0.1) is 12.5 Å². The van der Waals surface area contributed by atoms with Crippen LogP contribution >= 0.6 is 11.6 Å². The van der Waals surface area contributed by atoms with Crippen molar-refractivity contribution in [1.29, 1.82) is 0 Å². The summed E-state index contributed by atoms with van der Waals surface area (Å²) >= 11 is 5.79. The van der Waals surface area contributed by atoms with E-state index in [9.17, 15) is 0 Å². The van der Waals surface area contributed by atoms with Gasteiger partial charge in [-0.1, -0.05) is 12.0 Å². The van der Waals surface area contributed by atoms with Crippen molar-refractivity contribution < 1.29 is 36.6 Å². The molecule has 0 amide bonds. The van der Waals surface area contributed by atoms with Crippen LogP contribution in [0.1, 0.15) is 5.56 Å². The Morgan fingerprint density at radius 1 is 1.07 bits per heavy atom. The molecule has 3 aromatic rings. The smallest absolute Gasteiger partial charge is 0.348 e. The van der Waals surface area contributed by atoms with E-state index in [1.165, 1.54) is 0 Å². The Labute approximate surface area is 181 Å². The van der Waals surface area contributed by atoms with Crippen LogP contribution in [0.25, 0.3) is 10.9 Å². The highest BCUT2D eigenvalue weighted by atomic mass is 35.5. The van der Waals surface area contributed by atoms with Gasteiger partial charge in [0.15, 0.2) is 22.7 Å². The summed E-state index contributed by atoms with van der Waals surface area (Å²) in [6.45, 7) is 1.28. The SMILES string of the molecule is C#Cc1cccc(Nc2[nH+]c[nH+]c3cc(OCCOC)c(OCCCl)cc23)c1.[Cl-]. The van der Waals surface area contributed by atoms with Gasteiger partial charge in [-0.25, -0.2) is 10.3 Å². The van der Waals surface area contributed by atoms with Crippen molar-refractivity contribution in [3.8, 4) is 23.8 Å². The normalized spacial score (nSPS) is 10.1. The molecule has 0 aliphatic carbocycles. The zero-order valence-corrected chi connectivity index (χ0v) is 17.4. The van der Waals surface area contributed by atoms with Crippen LogP contribution in [0.15, 0.2) is 42.7 Å². The molecule has 0 saturated heterocycles. The van der Waals surface area contributed by atoms with Crippen LogP contribution < -0.4 is 37.2 Å². The number of hydrogen-bond acceptors (Lipinski definition) is 4. The lowest BCUT2D eigenvalue weighted by atomic mass is 10.2. The maximum atomic E-state index is 5.81. The van der Waals surface area contributed by atoms with E-state index in [0.29, 0.717) is 37.2 Å². The molecule has 6 nitrogen and oxygen atoms in total. The number of terminal acetylenes is 1. The second-order valence-corrected chi connectivity index (χ2v) is 6.26. The van der Waals surface area contributed by atoms with E-state index in [1.54, 1.807) is 13.4 Å². The maximum absolute atomic E-state index is 5.81. The lowest BCUT2D eigenvalue weighted by Crippen LogP contribution is -3.00. The third-order valence-corrected chi connectivity index (χ3v) is 4.13. The molecule has 0 aliphatic rings. The number of ether oxygens (including phenoxy) is 3. The number of hydrogen-bond donors (Lipinski definition) is 1. The average Bonchev–Trinajstić information content (AvgIpc) is 2.73. The third kappa shape index (κ3) is 5.88. The second kappa shape index (κ2) is 11.3. The maximum Gasteiger partial charge on any atom is 0.348 e. The number of aromatic nitrogens is 2. The highest BCUT2D eigenvalue weighted by Gasteiger charge is 2.19. The molecule has 1 heterocycles. The zero-order valence-electron chi connectivity index (χ0n) is 15.9. The summed E-state index contributed by atoms with van der Waals surface area (Å²) < 4.78 is 16.6. The lowest BCUT2D eigenvalue weighted by molar-refractivity contribution is -0.505. The van der Waals surface area contributed by atoms with Crippen molar-refractivity contribution >= 4 is 34.0 Å². The van der Waals surface area contributed by atoms with Crippen LogP contribution in [0.5, 0.6) is 11.5 Å². The number of nitrogens with one attached hydrogen (secondary N) is 3. The van der Waals surface area contributed by atoms with E-state index in [0.717, 1.165) is 28.0 Å². The van der Waals surface area contributed by atoms with E-state index in [4.69, 9.17) is 32.2 Å². The fourth-order valence-corrected chi connectivity index (χ4v) is 2.77. The Morgan fingerprint density at radius 3 is 2.62 bits per heavy atom. The molecule has 1 aromatic heterocycles. The first kappa shape index (κ1) is 22.6. The number of benzene rings is 2. The first-order chi connectivity index (χ1) is 13.7. The molecule has 29 heavy (non-hydrogen) atoms. The van der Waals surface area contributed by atoms with Crippen molar-refractivity contribution in [3.63, 3.8) is 0 Å². The predicted octanol–water partition coefficient (Wildman–Crippen LogP) is -0.160. The molecule has 0 spiro atoms. The number of aromatic amines is 2. The molecule has 0 fully saturated rings. The minimum Gasteiger partial charge on any atom is -1.00 e. The summed E-state index contributed by atoms with van der Waals surface area (Å²) in [7, 11) is 1.63. The van der Waals surface area contributed by atoms with Crippen LogP contribution in [0.2, 0.25) is 0 Å². The Morgan fingerprint density at radius 2 is 1.86 bits per heavy atom. The summed E-state index contributed by atoms with van der Waals surface area (Å²) in [6.07, 6.45) is 7.24. The van der Waals surface area contributed by atoms with Crippen molar-refractivity contribution in [2.24, 2.45) is 0 Å². The van der Waals surface area contributed by atoms with Gasteiger partial charge in [-0.15, -0.1) is 18.0 Å². The van der Waals surface area contributed by atoms with E-state index >= 15 is 0 Å². The number of alkyl halides is 1. The number of rotatable bonds is 9. The van der Waals surface area contributed by atoms with E-state index in [2.05, 4.69) is 21.2 Å². The highest BCUT2D eigenvalue weighted by molar-refractivity contribution is 6.18. The molecule has 3 N–H and O–H groups in total. The van der Waals surface area contributed by atoms with Gasteiger partial charge in [0.25, 0.3) is 6.33 Å². The molecule has 3 rings (SSSR count). The largest absolute Gasteiger partial charge is 1.00 e. The first-order valence-electron chi connectivity index (χ1n) is 8.79. The van der Waals surface area contributed by atoms with Gasteiger partial charge in [0.1, 0.15) is 18.6 Å². The number of halogens is 2. The van der Waals surface area contributed by atoms with Crippen LogP contribution in [-0.4, -0.2) is 32.8 Å². The Balaban J connectivity index is 0.00000300. The van der Waals surface area contributed by atoms with Crippen molar-refractivity contribution in [2.75, 3.05) is 38.1 Å². The van der Waals surface area contributed by atoms with Gasteiger partial charge in [-0.3, -0.25) is 0 Å². The molecule has 152 valence electrons. The Bertz CT molecular complexity index is 993. The Hall–Kier alpha value is -2.72. The van der Waals surface area contributed by atoms with Gasteiger partial charge in [0, 0.05) is 30.9 Å². The summed E-state index contributed by atoms with van der Waals surface area (Å²) in [5.41, 5.74) is 2.56. The summed E-state index contributed by atoms with van der Waals surface area (Å²) in [5, 5.41) is 4.26. The average molecular weight is 435 g/mol. The van der Waals surface area contributed by atoms with Crippen molar-refractivity contribution in [2.45, 2.75) is 0 Å². The van der Waals surface area contributed by atoms with Crippen molar-refractivity contribution in [1.82, 2.24) is 0 Å². The zero-order chi connectivity index (χ0) is 19.8. The van der Waals surface area contributed by atoms with Crippen LogP contribution in [-0.2, 0) is 4.74 Å². The minimum absolute atomic E-state index is 0. The van der Waals surface area contributed by atoms with Crippen LogP contribution in [0.3, 0.4) is 0 Å². The monoisotopic (exact) mass is 434 g/mol. The third-order valence-electron chi connectivity index (χ3n) is 3.98. The molecule has 0 bridgehead atoms. The van der Waals surface area contributed by atoms with Crippen LogP contribution in [0, 0.1) is 12.3 Å². The van der Waals surface area contributed by atoms with Gasteiger partial charge in [0.2, 0.25) is 0 Å². The van der Waals surface area contributed by atoms with Crippen molar-refractivity contribution in [3.05, 3.63) is 48.3 Å². The number of fused-ring (bicyclic) bond motifs is 1. The first-order valence-corrected chi connectivity index (χ1v) is 9.33. The van der Waals surface area contributed by atoms with Gasteiger partial charge in [-0.05, 0) is 12.1 Å². The second-order valence-electron chi connectivity index (χ2n) is 5.88. The Kier molecular flexibility index (Phi) is 8.81. The van der Waals surface area contributed by atoms with Gasteiger partial charge < -0.3 is 26.6 Å². The topological polar surface area (TPSA) is 68.0 Å². The van der Waals surface area contributed by atoms with Crippen LogP contribution in [0.4, 0.5) is 11.5 Å². The summed E-state index contributed by atoms with van der Waals surface area (Å²) in [4.78, 5) is 6.38. The fourth-order valence-electron chi connectivity index (χ4n) is 2.69. The molecule has 0 unspecified atom stereocenters. The molecule has 0 atom stereocenters. The molecular weight excluding hydrogens is 413 g/mol. The molecule has 2 aromatic carbocycles. The minimum atomic E-state index is 0. The molecular formula is C21H22Cl2N3O3+. The molecule has 8 heteroatoms. The predicted molar refractivity (Wildman–Crippen MR) is 108 cm³/mol. The summed E-state index contributed by atoms with van der Waals surface area (Å²) in [5.74, 6) is 5.05. The van der Waals surface area contributed by atoms with E-state index in [-0.39, 0.29) is 12.4 Å². The van der Waals surface area contributed by atoms with E-state index < -0.39 is 0 Å². The standard InChI is InChI=1S/C21H20ClN3O3.ClH/c1-3-15-5-4-6-16(11-15)25-21-17-12-19(27-8-7-22)20(28-10-9-26-2)13-18(17)23-14-24-21;/h1,4-6,11-14H,7-10H2,2H3,(H,23,24,25);1H/p+1. The number of anilines is 2. The quantitative estimate of drug-likeness (QED) is 0.288. The number of methoxy groups -OCH3 is 1. The van der Waals surface area contributed by atoms with Gasteiger partial charge >= 0.3 is 5.82 Å². The molecule has 0 aliphatic heterocycles. The number of H-pyrrole nitrogens is 2.